The van der Waals surface area contributed by atoms with Crippen LogP contribution < -0.4 is 10.3 Å². The minimum absolute atomic E-state index is 0.215. The van der Waals surface area contributed by atoms with Crippen LogP contribution in [-0.4, -0.2) is 17.1 Å². The molecule has 1 N–H and O–H groups in total. The lowest BCUT2D eigenvalue weighted by atomic mass is 10.2. The number of fused-ring (bicyclic) bond motifs is 1. The third-order valence-corrected chi connectivity index (χ3v) is 2.43. The van der Waals surface area contributed by atoms with Gasteiger partial charge in [-0.3, -0.25) is 4.79 Å². The van der Waals surface area contributed by atoms with Gasteiger partial charge in [-0.2, -0.15) is 0 Å². The summed E-state index contributed by atoms with van der Waals surface area (Å²) < 4.78 is 5.73. The molecule has 0 aliphatic rings. The summed E-state index contributed by atoms with van der Waals surface area (Å²) in [6.45, 7) is 0. The van der Waals surface area contributed by atoms with Crippen molar-refractivity contribution < 1.29 is 4.74 Å². The molecule has 2 aromatic rings. The van der Waals surface area contributed by atoms with Gasteiger partial charge in [0.05, 0.1) is 11.6 Å². The smallest absolute Gasteiger partial charge is 0.274 e. The molecule has 14 heavy (non-hydrogen) atoms. The molecule has 0 unspecified atom stereocenters. The number of methoxy groups -OCH3 is 1. The van der Waals surface area contributed by atoms with E-state index in [1.807, 2.05) is 0 Å². The average molecular weight is 255 g/mol. The van der Waals surface area contributed by atoms with Gasteiger partial charge in [-0.15, -0.1) is 0 Å². The summed E-state index contributed by atoms with van der Waals surface area (Å²) in [6.07, 6.45) is 1.59. The molecule has 0 aromatic carbocycles. The van der Waals surface area contributed by atoms with Crippen molar-refractivity contribution in [2.24, 2.45) is 0 Å². The largest absolute Gasteiger partial charge is 0.480 e. The third kappa shape index (κ3) is 1.39. The Labute approximate surface area is 88.1 Å². The number of nitrogens with zero attached hydrogens (tertiary/aromatic N) is 1. The van der Waals surface area contributed by atoms with Gasteiger partial charge in [0.15, 0.2) is 0 Å². The Hall–Kier alpha value is -1.36. The van der Waals surface area contributed by atoms with E-state index in [0.717, 1.165) is 9.86 Å². The molecule has 0 bridgehead atoms. The van der Waals surface area contributed by atoms with Crippen LogP contribution in [-0.2, 0) is 0 Å². The van der Waals surface area contributed by atoms with Crippen molar-refractivity contribution in [2.45, 2.75) is 0 Å². The molecule has 2 heterocycles. The van der Waals surface area contributed by atoms with Gasteiger partial charge in [0.1, 0.15) is 5.52 Å². The number of ether oxygens (including phenoxy) is 1. The first-order chi connectivity index (χ1) is 6.72. The second-order valence-electron chi connectivity index (χ2n) is 2.72. The molecule has 0 radical (unpaired) electrons. The molecule has 0 aliphatic carbocycles. The van der Waals surface area contributed by atoms with Crippen LogP contribution in [0.3, 0.4) is 0 Å². The summed E-state index contributed by atoms with van der Waals surface area (Å²) in [5, 5.41) is 0.779. The van der Waals surface area contributed by atoms with Crippen molar-refractivity contribution in [1.29, 1.82) is 0 Å². The van der Waals surface area contributed by atoms with E-state index in [0.29, 0.717) is 11.4 Å². The lowest BCUT2D eigenvalue weighted by molar-refractivity contribution is 0.396. The standard InChI is InChI=1S/C9H7BrN2O2/c1-14-9-6(10)4-5-2-3-11-8(13)7(5)12-9/h2-4H,1H3,(H,11,13). The fourth-order valence-corrected chi connectivity index (χ4v) is 1.71. The minimum Gasteiger partial charge on any atom is -0.480 e. The summed E-state index contributed by atoms with van der Waals surface area (Å²) in [5.41, 5.74) is 0.167. The van der Waals surface area contributed by atoms with Gasteiger partial charge in [0.25, 0.3) is 5.56 Å². The van der Waals surface area contributed by atoms with E-state index in [9.17, 15) is 4.79 Å². The first-order valence-electron chi connectivity index (χ1n) is 3.94. The van der Waals surface area contributed by atoms with E-state index in [2.05, 4.69) is 25.9 Å². The second-order valence-corrected chi connectivity index (χ2v) is 3.58. The van der Waals surface area contributed by atoms with E-state index < -0.39 is 0 Å². The molecule has 72 valence electrons. The van der Waals surface area contributed by atoms with E-state index in [1.54, 1.807) is 18.3 Å². The quantitative estimate of drug-likeness (QED) is 0.843. The normalized spacial score (nSPS) is 10.4. The van der Waals surface area contributed by atoms with Crippen LogP contribution in [0.25, 0.3) is 10.9 Å². The van der Waals surface area contributed by atoms with Crippen molar-refractivity contribution in [3.8, 4) is 5.88 Å². The van der Waals surface area contributed by atoms with Crippen LogP contribution in [0.4, 0.5) is 0 Å². The van der Waals surface area contributed by atoms with Gasteiger partial charge in [-0.25, -0.2) is 4.98 Å². The second kappa shape index (κ2) is 3.42. The van der Waals surface area contributed by atoms with Gasteiger partial charge in [-0.05, 0) is 28.1 Å². The maximum atomic E-state index is 11.4. The number of hydrogen-bond donors (Lipinski definition) is 1. The van der Waals surface area contributed by atoms with E-state index in [4.69, 9.17) is 4.74 Å². The maximum absolute atomic E-state index is 11.4. The SMILES string of the molecule is COc1nc2c(=O)[nH]ccc2cc1Br. The zero-order chi connectivity index (χ0) is 10.1. The van der Waals surface area contributed by atoms with Gasteiger partial charge in [-0.1, -0.05) is 0 Å². The predicted molar refractivity (Wildman–Crippen MR) is 56.6 cm³/mol. The summed E-state index contributed by atoms with van der Waals surface area (Å²) in [5.74, 6) is 0.411. The fourth-order valence-electron chi connectivity index (χ4n) is 1.21. The van der Waals surface area contributed by atoms with E-state index >= 15 is 0 Å². The summed E-state index contributed by atoms with van der Waals surface area (Å²) in [4.78, 5) is 18.0. The number of rotatable bonds is 1. The van der Waals surface area contributed by atoms with Crippen LogP contribution in [0, 0.1) is 0 Å². The predicted octanol–water partition coefficient (Wildman–Crippen LogP) is 1.69. The Morgan fingerprint density at radius 2 is 2.36 bits per heavy atom. The highest BCUT2D eigenvalue weighted by atomic mass is 79.9. The lowest BCUT2D eigenvalue weighted by Crippen LogP contribution is -2.07. The topological polar surface area (TPSA) is 55.0 Å². The van der Waals surface area contributed by atoms with Gasteiger partial charge in [0.2, 0.25) is 5.88 Å². The third-order valence-electron chi connectivity index (χ3n) is 1.86. The summed E-state index contributed by atoms with van der Waals surface area (Å²) in [6, 6.07) is 3.59. The van der Waals surface area contributed by atoms with E-state index in [1.165, 1.54) is 7.11 Å². The van der Waals surface area contributed by atoms with Crippen LogP contribution >= 0.6 is 15.9 Å². The van der Waals surface area contributed by atoms with Crippen LogP contribution in [0.2, 0.25) is 0 Å². The molecule has 4 nitrogen and oxygen atoms in total. The van der Waals surface area contributed by atoms with Crippen molar-refractivity contribution in [3.63, 3.8) is 0 Å². The molecule has 2 aromatic heterocycles. The molecule has 0 amide bonds. The van der Waals surface area contributed by atoms with Gasteiger partial charge in [0, 0.05) is 11.6 Å². The Morgan fingerprint density at radius 1 is 1.57 bits per heavy atom. The molecular weight excluding hydrogens is 248 g/mol. The number of hydrogen-bond acceptors (Lipinski definition) is 3. The molecule has 0 saturated heterocycles. The van der Waals surface area contributed by atoms with Crippen molar-refractivity contribution in [3.05, 3.63) is 33.2 Å². The lowest BCUT2D eigenvalue weighted by Gasteiger charge is -2.02. The number of pyridine rings is 2. The monoisotopic (exact) mass is 254 g/mol. The average Bonchev–Trinajstić information content (AvgIpc) is 2.17. The number of H-pyrrole nitrogens is 1. The summed E-state index contributed by atoms with van der Waals surface area (Å²) in [7, 11) is 1.51. The molecule has 0 spiro atoms. The minimum atomic E-state index is -0.215. The highest BCUT2D eigenvalue weighted by molar-refractivity contribution is 9.10. The van der Waals surface area contributed by atoms with Crippen LogP contribution in [0.5, 0.6) is 5.88 Å². The summed E-state index contributed by atoms with van der Waals surface area (Å²) >= 11 is 3.30. The van der Waals surface area contributed by atoms with Crippen LogP contribution in [0.1, 0.15) is 0 Å². The highest BCUT2D eigenvalue weighted by Crippen LogP contribution is 2.24. The molecular formula is C9H7BrN2O2. The Morgan fingerprint density at radius 3 is 3.07 bits per heavy atom. The number of nitrogens with one attached hydrogen (secondary N) is 1. The highest BCUT2D eigenvalue weighted by Gasteiger charge is 2.06. The number of halogens is 1. The zero-order valence-electron chi connectivity index (χ0n) is 7.37. The molecule has 2 rings (SSSR count). The first-order valence-corrected chi connectivity index (χ1v) is 4.73. The number of aromatic amines is 1. The Bertz CT molecular complexity index is 536. The first kappa shape index (κ1) is 9.21. The van der Waals surface area contributed by atoms with Crippen LogP contribution in [0.15, 0.2) is 27.6 Å². The molecule has 0 fully saturated rings. The Kier molecular flexibility index (Phi) is 2.25. The molecule has 5 heteroatoms. The van der Waals surface area contributed by atoms with Crippen molar-refractivity contribution in [2.75, 3.05) is 7.11 Å². The van der Waals surface area contributed by atoms with Gasteiger partial charge < -0.3 is 9.72 Å². The van der Waals surface area contributed by atoms with E-state index in [-0.39, 0.29) is 5.56 Å². The van der Waals surface area contributed by atoms with Crippen molar-refractivity contribution >= 4 is 26.8 Å². The molecule has 0 atom stereocenters. The van der Waals surface area contributed by atoms with Crippen molar-refractivity contribution in [1.82, 2.24) is 9.97 Å². The zero-order valence-corrected chi connectivity index (χ0v) is 8.96. The Balaban J connectivity index is 2.87. The fraction of sp³-hybridized carbons (Fsp3) is 0.111. The van der Waals surface area contributed by atoms with Gasteiger partial charge >= 0.3 is 0 Å². The maximum Gasteiger partial charge on any atom is 0.274 e. The molecule has 0 aliphatic heterocycles. The molecule has 0 saturated carbocycles. The number of aromatic nitrogens is 2.